The van der Waals surface area contributed by atoms with Gasteiger partial charge in [-0.15, -0.1) is 0 Å². The highest BCUT2D eigenvalue weighted by atomic mass is 16.7. The number of hydrogen-bond acceptors (Lipinski definition) is 9. The molecule has 0 amide bonds. The van der Waals surface area contributed by atoms with E-state index < -0.39 is 46.6 Å². The van der Waals surface area contributed by atoms with Gasteiger partial charge in [0.1, 0.15) is 19.0 Å². The first-order valence-corrected chi connectivity index (χ1v) is 14.4. The SMILES string of the molecule is CC1OC(OC2CC[C@]3(C=O)C4CC[C@]5(C)C(C6=CC(=O)OC6)CC[C@]5(O)C4CC[C@]3(O)C2)CC(O)C1O. The summed E-state index contributed by atoms with van der Waals surface area (Å²) in [5, 5.41) is 44.6. The molecule has 0 aromatic carbocycles. The molecule has 38 heavy (non-hydrogen) atoms. The van der Waals surface area contributed by atoms with Gasteiger partial charge in [0.2, 0.25) is 0 Å². The summed E-state index contributed by atoms with van der Waals surface area (Å²) in [5.41, 5.74) is -2.60. The van der Waals surface area contributed by atoms with E-state index in [1.165, 1.54) is 0 Å². The summed E-state index contributed by atoms with van der Waals surface area (Å²) >= 11 is 0. The van der Waals surface area contributed by atoms with Gasteiger partial charge < -0.3 is 39.4 Å². The van der Waals surface area contributed by atoms with Crippen molar-refractivity contribution in [3.63, 3.8) is 0 Å². The molecule has 212 valence electrons. The zero-order valence-electron chi connectivity index (χ0n) is 22.4. The minimum atomic E-state index is -1.24. The molecule has 4 aliphatic carbocycles. The summed E-state index contributed by atoms with van der Waals surface area (Å²) in [6.45, 7) is 4.13. The van der Waals surface area contributed by atoms with E-state index in [2.05, 4.69) is 6.92 Å². The van der Waals surface area contributed by atoms with Gasteiger partial charge in [-0.05, 0) is 81.6 Å². The van der Waals surface area contributed by atoms with Gasteiger partial charge in [-0.3, -0.25) is 0 Å². The van der Waals surface area contributed by atoms with Gasteiger partial charge in [0, 0.05) is 24.3 Å². The number of aliphatic hydroxyl groups is 4. The van der Waals surface area contributed by atoms with Crippen molar-refractivity contribution in [3.05, 3.63) is 11.6 Å². The molecule has 5 fully saturated rings. The Bertz CT molecular complexity index is 1000. The smallest absolute Gasteiger partial charge is 0.331 e. The van der Waals surface area contributed by atoms with Gasteiger partial charge in [0.05, 0.1) is 34.9 Å². The topological polar surface area (TPSA) is 143 Å². The third kappa shape index (κ3) is 3.65. The van der Waals surface area contributed by atoms with Gasteiger partial charge >= 0.3 is 5.97 Å². The average molecular weight is 535 g/mol. The lowest BCUT2D eigenvalue weighted by Gasteiger charge is -2.65. The van der Waals surface area contributed by atoms with Crippen molar-refractivity contribution < 1.29 is 44.2 Å². The second-order valence-corrected chi connectivity index (χ2v) is 13.3. The van der Waals surface area contributed by atoms with Crippen LogP contribution in [-0.2, 0) is 23.8 Å². The highest BCUT2D eigenvalue weighted by Crippen LogP contribution is 2.70. The van der Waals surface area contributed by atoms with Crippen LogP contribution in [-0.4, -0.2) is 81.2 Å². The molecule has 9 nitrogen and oxygen atoms in total. The van der Waals surface area contributed by atoms with E-state index in [9.17, 15) is 30.0 Å². The van der Waals surface area contributed by atoms with E-state index in [1.54, 1.807) is 13.0 Å². The lowest BCUT2D eigenvalue weighted by molar-refractivity contribution is -0.286. The van der Waals surface area contributed by atoms with Crippen molar-refractivity contribution in [2.24, 2.45) is 28.6 Å². The molecule has 9 heteroatoms. The fourth-order valence-electron chi connectivity index (χ4n) is 9.76. The van der Waals surface area contributed by atoms with Crippen LogP contribution in [0, 0.1) is 28.6 Å². The van der Waals surface area contributed by atoms with Crippen LogP contribution in [0.1, 0.15) is 78.1 Å². The quantitative estimate of drug-likeness (QED) is 0.241. The van der Waals surface area contributed by atoms with Gasteiger partial charge in [0.15, 0.2) is 6.29 Å². The van der Waals surface area contributed by atoms with Gasteiger partial charge in [0.25, 0.3) is 0 Å². The van der Waals surface area contributed by atoms with Gasteiger partial charge in [-0.25, -0.2) is 4.79 Å². The molecule has 4 saturated carbocycles. The largest absolute Gasteiger partial charge is 0.458 e. The predicted octanol–water partition coefficient (Wildman–Crippen LogP) is 1.78. The number of hydrogen-bond donors (Lipinski definition) is 4. The summed E-state index contributed by atoms with van der Waals surface area (Å²) in [6.07, 6.45) is 4.50. The number of carbonyl (C=O) groups is 2. The number of carbonyl (C=O) groups excluding carboxylic acids is 2. The van der Waals surface area contributed by atoms with Crippen molar-refractivity contribution in [2.45, 2.75) is 120 Å². The van der Waals surface area contributed by atoms with Crippen LogP contribution in [0.2, 0.25) is 0 Å². The summed E-state index contributed by atoms with van der Waals surface area (Å²) in [6, 6.07) is 0. The van der Waals surface area contributed by atoms with Crippen molar-refractivity contribution in [1.29, 1.82) is 0 Å². The minimum Gasteiger partial charge on any atom is -0.458 e. The first kappa shape index (κ1) is 26.8. The molecular formula is C29H42O9. The van der Waals surface area contributed by atoms with Crippen molar-refractivity contribution >= 4 is 12.3 Å². The summed E-state index contributed by atoms with van der Waals surface area (Å²) in [5.74, 6) is -0.473. The number of rotatable bonds is 4. The molecule has 2 heterocycles. The Morgan fingerprint density at radius 3 is 2.50 bits per heavy atom. The van der Waals surface area contributed by atoms with E-state index in [1.807, 2.05) is 0 Å². The Morgan fingerprint density at radius 2 is 1.82 bits per heavy atom. The maximum atomic E-state index is 12.9. The summed E-state index contributed by atoms with van der Waals surface area (Å²) in [7, 11) is 0. The van der Waals surface area contributed by atoms with Gasteiger partial charge in [-0.2, -0.15) is 0 Å². The standard InChI is InChI=1S/C29H42O9/c1-16-25(33)22(31)12-24(37-16)38-18-3-8-27(15-30)20-4-7-26(2)19(17-11-23(32)36-14-17)6-10-29(26,35)21(20)5-9-28(27,34)13-18/h11,15-16,18-22,24-25,31,33-35H,3-10,12-14H2,1-2H3/t16?,18?,19?,20?,21?,22?,24?,25?,26-,27+,28+,29+/m1/s1. The van der Waals surface area contributed by atoms with Crippen molar-refractivity contribution in [1.82, 2.24) is 0 Å². The molecule has 4 N–H and O–H groups in total. The lowest BCUT2D eigenvalue weighted by atomic mass is 9.41. The van der Waals surface area contributed by atoms with Crippen LogP contribution in [0.5, 0.6) is 0 Å². The van der Waals surface area contributed by atoms with E-state index in [-0.39, 0.29) is 36.2 Å². The fraction of sp³-hybridized carbons (Fsp3) is 0.862. The lowest BCUT2D eigenvalue weighted by Crippen LogP contribution is -2.69. The van der Waals surface area contributed by atoms with Crippen LogP contribution < -0.4 is 0 Å². The molecule has 0 aromatic heterocycles. The zero-order valence-corrected chi connectivity index (χ0v) is 22.4. The second kappa shape index (κ2) is 9.08. The average Bonchev–Trinajstić information content (AvgIpc) is 3.41. The number of aliphatic hydroxyl groups excluding tert-OH is 2. The van der Waals surface area contributed by atoms with Crippen molar-refractivity contribution in [3.8, 4) is 0 Å². The third-order valence-corrected chi connectivity index (χ3v) is 11.9. The minimum absolute atomic E-state index is 0.0729. The molecule has 2 aliphatic heterocycles. The number of esters is 1. The molecule has 0 aromatic rings. The van der Waals surface area contributed by atoms with E-state index >= 15 is 0 Å². The molecule has 6 rings (SSSR count). The van der Waals surface area contributed by atoms with E-state index in [0.29, 0.717) is 45.1 Å². The Morgan fingerprint density at radius 1 is 1.05 bits per heavy atom. The number of ether oxygens (including phenoxy) is 3. The fourth-order valence-corrected chi connectivity index (χ4v) is 9.76. The first-order chi connectivity index (χ1) is 18.0. The molecule has 0 bridgehead atoms. The molecule has 8 unspecified atom stereocenters. The number of aldehydes is 1. The Kier molecular flexibility index (Phi) is 6.41. The highest BCUT2D eigenvalue weighted by Gasteiger charge is 2.71. The molecular weight excluding hydrogens is 492 g/mol. The van der Waals surface area contributed by atoms with Crippen LogP contribution in [0.3, 0.4) is 0 Å². The normalized spacial score (nSPS) is 54.4. The molecule has 12 atom stereocenters. The molecule has 1 saturated heterocycles. The highest BCUT2D eigenvalue weighted by molar-refractivity contribution is 5.85. The van der Waals surface area contributed by atoms with Crippen LogP contribution in [0.25, 0.3) is 0 Å². The first-order valence-electron chi connectivity index (χ1n) is 14.4. The zero-order chi connectivity index (χ0) is 27.1. The maximum absolute atomic E-state index is 12.9. The van der Waals surface area contributed by atoms with Gasteiger partial charge in [-0.1, -0.05) is 6.92 Å². The molecule has 0 radical (unpaired) electrons. The summed E-state index contributed by atoms with van der Waals surface area (Å²) < 4.78 is 17.1. The molecule has 0 spiro atoms. The third-order valence-electron chi connectivity index (χ3n) is 11.9. The van der Waals surface area contributed by atoms with Crippen LogP contribution >= 0.6 is 0 Å². The second-order valence-electron chi connectivity index (χ2n) is 13.3. The number of fused-ring (bicyclic) bond motifs is 5. The predicted molar refractivity (Wildman–Crippen MR) is 133 cm³/mol. The van der Waals surface area contributed by atoms with E-state index in [0.717, 1.165) is 31.1 Å². The van der Waals surface area contributed by atoms with Crippen LogP contribution in [0.15, 0.2) is 11.6 Å². The Balaban J connectivity index is 1.22. The number of cyclic esters (lactones) is 1. The maximum Gasteiger partial charge on any atom is 0.331 e. The monoisotopic (exact) mass is 534 g/mol. The van der Waals surface area contributed by atoms with Crippen molar-refractivity contribution in [2.75, 3.05) is 6.61 Å². The Hall–Kier alpha value is -1.36. The van der Waals surface area contributed by atoms with E-state index in [4.69, 9.17) is 14.2 Å². The summed E-state index contributed by atoms with van der Waals surface area (Å²) in [4.78, 5) is 24.7. The van der Waals surface area contributed by atoms with Crippen LogP contribution in [0.4, 0.5) is 0 Å². The molecule has 6 aliphatic rings. The Labute approximate surface area is 223 Å².